The summed E-state index contributed by atoms with van der Waals surface area (Å²) in [5.74, 6) is 2.67. The Morgan fingerprint density at radius 3 is 2.52 bits per heavy atom. The molecule has 0 aliphatic heterocycles. The van der Waals surface area contributed by atoms with Crippen molar-refractivity contribution in [3.05, 3.63) is 6.07 Å². The topological polar surface area (TPSA) is 49.8 Å². The number of aromatic nitrogens is 2. The first kappa shape index (κ1) is 14.9. The van der Waals surface area contributed by atoms with Gasteiger partial charge in [-0.1, -0.05) is 32.5 Å². The fourth-order valence-corrected chi connectivity index (χ4v) is 4.91. The van der Waals surface area contributed by atoms with E-state index in [1.807, 2.05) is 19.4 Å². The minimum atomic E-state index is 0.331. The average molecular weight is 306 g/mol. The molecule has 1 heterocycles. The highest BCUT2D eigenvalue weighted by Crippen LogP contribution is 2.63. The zero-order valence-electron chi connectivity index (χ0n) is 13.7. The van der Waals surface area contributed by atoms with Crippen LogP contribution in [0.15, 0.2) is 11.2 Å². The van der Waals surface area contributed by atoms with Crippen molar-refractivity contribution in [2.24, 2.45) is 16.7 Å². The molecule has 2 saturated carbocycles. The number of thioether (sulfide) groups is 1. The maximum absolute atomic E-state index is 4.64. The summed E-state index contributed by atoms with van der Waals surface area (Å²) in [7, 11) is 1.90. The van der Waals surface area contributed by atoms with Gasteiger partial charge in [-0.2, -0.15) is 0 Å². The molecule has 0 radical (unpaired) electrons. The number of hydrogen-bond acceptors (Lipinski definition) is 5. The molecule has 3 atom stereocenters. The summed E-state index contributed by atoms with van der Waals surface area (Å²) in [4.78, 5) is 9.09. The highest BCUT2D eigenvalue weighted by atomic mass is 32.2. The van der Waals surface area contributed by atoms with Crippen molar-refractivity contribution in [1.82, 2.24) is 9.97 Å². The zero-order valence-corrected chi connectivity index (χ0v) is 14.5. The molecule has 1 aromatic heterocycles. The van der Waals surface area contributed by atoms with E-state index in [-0.39, 0.29) is 0 Å². The molecule has 3 unspecified atom stereocenters. The maximum Gasteiger partial charge on any atom is 0.191 e. The summed E-state index contributed by atoms with van der Waals surface area (Å²) in [5, 5.41) is 7.69. The fraction of sp³-hybridized carbons (Fsp3) is 0.750. The Morgan fingerprint density at radius 1 is 1.24 bits per heavy atom. The zero-order chi connectivity index (χ0) is 15.3. The first-order chi connectivity index (χ1) is 9.89. The van der Waals surface area contributed by atoms with E-state index in [4.69, 9.17) is 0 Å². The van der Waals surface area contributed by atoms with Gasteiger partial charge in [0.15, 0.2) is 5.16 Å². The molecule has 0 amide bonds. The molecule has 4 nitrogen and oxygen atoms in total. The Hall–Kier alpha value is -0.970. The summed E-state index contributed by atoms with van der Waals surface area (Å²) >= 11 is 1.58. The summed E-state index contributed by atoms with van der Waals surface area (Å²) in [6.45, 7) is 7.26. The van der Waals surface area contributed by atoms with E-state index in [1.165, 1.54) is 19.3 Å². The van der Waals surface area contributed by atoms with Crippen LogP contribution in [0, 0.1) is 16.7 Å². The Kier molecular flexibility index (Phi) is 3.59. The minimum Gasteiger partial charge on any atom is -0.373 e. The number of nitrogens with zero attached hydrogens (tertiary/aromatic N) is 2. The van der Waals surface area contributed by atoms with Crippen LogP contribution in [0.5, 0.6) is 0 Å². The summed E-state index contributed by atoms with van der Waals surface area (Å²) in [5.41, 5.74) is 0.732. The molecular formula is C16H26N4S. The van der Waals surface area contributed by atoms with Crippen LogP contribution in [0.3, 0.4) is 0 Å². The average Bonchev–Trinajstić information content (AvgIpc) is 2.94. The molecule has 116 valence electrons. The second-order valence-electron chi connectivity index (χ2n) is 7.37. The third-order valence-electron chi connectivity index (χ3n) is 5.71. The Balaban J connectivity index is 1.89. The molecule has 2 bridgehead atoms. The highest BCUT2D eigenvalue weighted by molar-refractivity contribution is 7.98. The molecule has 0 aromatic carbocycles. The quantitative estimate of drug-likeness (QED) is 0.653. The van der Waals surface area contributed by atoms with E-state index in [0.717, 1.165) is 22.7 Å². The summed E-state index contributed by atoms with van der Waals surface area (Å²) < 4.78 is 0. The van der Waals surface area contributed by atoms with Crippen LogP contribution in [0.2, 0.25) is 0 Å². The number of rotatable bonds is 4. The lowest BCUT2D eigenvalue weighted by Gasteiger charge is -2.43. The van der Waals surface area contributed by atoms with Gasteiger partial charge in [-0.3, -0.25) is 0 Å². The van der Waals surface area contributed by atoms with Crippen LogP contribution in [-0.2, 0) is 0 Å². The van der Waals surface area contributed by atoms with Crippen LogP contribution >= 0.6 is 11.8 Å². The smallest absolute Gasteiger partial charge is 0.191 e. The monoisotopic (exact) mass is 306 g/mol. The normalized spacial score (nSPS) is 33.2. The van der Waals surface area contributed by atoms with E-state index >= 15 is 0 Å². The molecule has 0 spiro atoms. The van der Waals surface area contributed by atoms with Gasteiger partial charge >= 0.3 is 0 Å². The summed E-state index contributed by atoms with van der Waals surface area (Å²) in [6, 6.07) is 2.50. The van der Waals surface area contributed by atoms with Crippen molar-refractivity contribution < 1.29 is 0 Å². The van der Waals surface area contributed by atoms with E-state index in [9.17, 15) is 0 Å². The van der Waals surface area contributed by atoms with Gasteiger partial charge in [0.05, 0.1) is 0 Å². The molecular weight excluding hydrogens is 280 g/mol. The van der Waals surface area contributed by atoms with Crippen molar-refractivity contribution >= 4 is 23.4 Å². The largest absolute Gasteiger partial charge is 0.373 e. The van der Waals surface area contributed by atoms with Gasteiger partial charge in [0.2, 0.25) is 0 Å². The highest BCUT2D eigenvalue weighted by Gasteiger charge is 2.59. The van der Waals surface area contributed by atoms with Crippen LogP contribution in [0.25, 0.3) is 0 Å². The van der Waals surface area contributed by atoms with E-state index < -0.39 is 0 Å². The Bertz CT molecular complexity index is 518. The van der Waals surface area contributed by atoms with Crippen LogP contribution in [0.4, 0.5) is 11.6 Å². The van der Waals surface area contributed by atoms with E-state index in [1.54, 1.807) is 11.8 Å². The Labute approximate surface area is 131 Å². The first-order valence-corrected chi connectivity index (χ1v) is 8.99. The molecule has 5 heteroatoms. The lowest BCUT2D eigenvalue weighted by Crippen LogP contribution is -2.46. The van der Waals surface area contributed by atoms with Crippen molar-refractivity contribution in [1.29, 1.82) is 0 Å². The van der Waals surface area contributed by atoms with Gasteiger partial charge < -0.3 is 10.6 Å². The molecule has 21 heavy (non-hydrogen) atoms. The number of nitrogens with one attached hydrogen (secondary N) is 2. The third kappa shape index (κ3) is 2.39. The van der Waals surface area contributed by atoms with Crippen molar-refractivity contribution in [3.8, 4) is 0 Å². The van der Waals surface area contributed by atoms with Gasteiger partial charge in [-0.05, 0) is 42.3 Å². The van der Waals surface area contributed by atoms with E-state index in [2.05, 4.69) is 41.4 Å². The summed E-state index contributed by atoms with van der Waals surface area (Å²) in [6.07, 6.45) is 6.07. The second kappa shape index (κ2) is 5.04. The SMILES string of the molecule is CNc1cc(NC2C3(C)CCC(C3)C2(C)C)nc(SC)n1. The maximum atomic E-state index is 4.64. The van der Waals surface area contributed by atoms with Gasteiger partial charge in [0, 0.05) is 19.2 Å². The molecule has 3 rings (SSSR count). The van der Waals surface area contributed by atoms with Gasteiger partial charge in [-0.25, -0.2) is 9.97 Å². The van der Waals surface area contributed by atoms with Gasteiger partial charge in [-0.15, -0.1) is 0 Å². The predicted octanol–water partition coefficient (Wildman–Crippen LogP) is 3.87. The molecule has 1 aromatic rings. The molecule has 2 N–H and O–H groups in total. The lowest BCUT2D eigenvalue weighted by molar-refractivity contribution is 0.155. The molecule has 2 aliphatic rings. The van der Waals surface area contributed by atoms with Gasteiger partial charge in [0.1, 0.15) is 11.6 Å². The standard InChI is InChI=1S/C16H26N4S/c1-15(2)10-6-7-16(3,9-10)13(15)18-12-8-11(17-4)19-14(20-12)21-5/h8,10,13H,6-7,9H2,1-5H3,(H2,17,18,19,20). The number of anilines is 2. The van der Waals surface area contributed by atoms with Crippen molar-refractivity contribution in [2.75, 3.05) is 23.9 Å². The van der Waals surface area contributed by atoms with Crippen LogP contribution in [0.1, 0.15) is 40.0 Å². The first-order valence-electron chi connectivity index (χ1n) is 7.76. The number of fused-ring (bicyclic) bond motifs is 2. The Morgan fingerprint density at radius 2 is 1.95 bits per heavy atom. The molecule has 0 saturated heterocycles. The van der Waals surface area contributed by atoms with Crippen LogP contribution < -0.4 is 10.6 Å². The van der Waals surface area contributed by atoms with E-state index in [0.29, 0.717) is 16.9 Å². The predicted molar refractivity (Wildman–Crippen MR) is 90.0 cm³/mol. The van der Waals surface area contributed by atoms with Crippen molar-refractivity contribution in [2.45, 2.75) is 51.2 Å². The van der Waals surface area contributed by atoms with Gasteiger partial charge in [0.25, 0.3) is 0 Å². The molecule has 2 fully saturated rings. The molecule has 2 aliphatic carbocycles. The third-order valence-corrected chi connectivity index (χ3v) is 6.25. The van der Waals surface area contributed by atoms with Crippen molar-refractivity contribution in [3.63, 3.8) is 0 Å². The fourth-order valence-electron chi connectivity index (χ4n) is 4.53. The second-order valence-corrected chi connectivity index (χ2v) is 8.14. The minimum absolute atomic E-state index is 0.331. The van der Waals surface area contributed by atoms with Crippen LogP contribution in [-0.4, -0.2) is 29.3 Å². The number of hydrogen-bond donors (Lipinski definition) is 2. The lowest BCUT2D eigenvalue weighted by atomic mass is 9.68.